The van der Waals surface area contributed by atoms with Crippen LogP contribution in [0.5, 0.6) is 0 Å². The van der Waals surface area contributed by atoms with Gasteiger partial charge in [0.15, 0.2) is 9.84 Å². The lowest BCUT2D eigenvalue weighted by molar-refractivity contribution is -0.137. The zero-order valence-corrected chi connectivity index (χ0v) is 11.2. The van der Waals surface area contributed by atoms with E-state index < -0.39 is 21.7 Å². The average molecular weight is 277 g/mol. The fourth-order valence-corrected chi connectivity index (χ4v) is 3.63. The first-order chi connectivity index (χ1) is 8.30. The Kier molecular flexibility index (Phi) is 5.13. The highest BCUT2D eigenvalue weighted by atomic mass is 32.2. The molecule has 104 valence electrons. The molecule has 6 nitrogen and oxygen atoms in total. The molecule has 1 fully saturated rings. The third kappa shape index (κ3) is 5.03. The molecule has 1 rings (SSSR count). The predicted octanol–water partition coefficient (Wildman–Crippen LogP) is 0.0382. The lowest BCUT2D eigenvalue weighted by Gasteiger charge is -2.13. The van der Waals surface area contributed by atoms with Crippen molar-refractivity contribution in [1.82, 2.24) is 5.32 Å². The second kappa shape index (κ2) is 6.17. The van der Waals surface area contributed by atoms with Crippen LogP contribution in [0, 0.1) is 11.8 Å². The van der Waals surface area contributed by atoms with Gasteiger partial charge in [-0.25, -0.2) is 8.42 Å². The second-order valence-corrected chi connectivity index (χ2v) is 7.11. The first-order valence-corrected chi connectivity index (χ1v) is 7.82. The number of carbonyl (C=O) groups is 2. The van der Waals surface area contributed by atoms with Crippen LogP contribution in [0.1, 0.15) is 26.2 Å². The van der Waals surface area contributed by atoms with Crippen LogP contribution in [0.2, 0.25) is 0 Å². The monoisotopic (exact) mass is 277 g/mol. The summed E-state index contributed by atoms with van der Waals surface area (Å²) in [6.07, 6.45) is 0.963. The summed E-state index contributed by atoms with van der Waals surface area (Å²) in [7, 11) is -3.04. The van der Waals surface area contributed by atoms with Crippen molar-refractivity contribution >= 4 is 21.7 Å². The molecule has 2 unspecified atom stereocenters. The Morgan fingerprint density at radius 2 is 2.11 bits per heavy atom. The summed E-state index contributed by atoms with van der Waals surface area (Å²) in [5.74, 6) is -1.44. The molecule has 0 aliphatic carbocycles. The molecule has 1 amide bonds. The molecule has 2 atom stereocenters. The van der Waals surface area contributed by atoms with Crippen molar-refractivity contribution in [2.24, 2.45) is 11.8 Å². The summed E-state index contributed by atoms with van der Waals surface area (Å²) < 4.78 is 22.4. The summed E-state index contributed by atoms with van der Waals surface area (Å²) in [5, 5.41) is 11.2. The Morgan fingerprint density at radius 3 is 2.61 bits per heavy atom. The molecule has 0 radical (unpaired) electrons. The number of rotatable bonds is 6. The highest BCUT2D eigenvalue weighted by Gasteiger charge is 2.32. The van der Waals surface area contributed by atoms with Crippen molar-refractivity contribution in [3.63, 3.8) is 0 Å². The molecule has 0 aromatic heterocycles. The van der Waals surface area contributed by atoms with Crippen LogP contribution in [-0.4, -0.2) is 43.5 Å². The Hall–Kier alpha value is -1.11. The minimum atomic E-state index is -3.04. The van der Waals surface area contributed by atoms with Gasteiger partial charge in [0.05, 0.1) is 17.4 Å². The fraction of sp³-hybridized carbons (Fsp3) is 0.818. The van der Waals surface area contributed by atoms with Gasteiger partial charge in [-0.15, -0.1) is 0 Å². The Balaban J connectivity index is 2.27. The first kappa shape index (κ1) is 14.9. The van der Waals surface area contributed by atoms with E-state index in [0.29, 0.717) is 19.4 Å². The number of sulfone groups is 1. The molecule has 1 aliphatic rings. The molecule has 18 heavy (non-hydrogen) atoms. The zero-order valence-electron chi connectivity index (χ0n) is 10.4. The molecule has 1 aliphatic heterocycles. The lowest BCUT2D eigenvalue weighted by Crippen LogP contribution is -2.34. The number of nitrogens with one attached hydrogen (secondary N) is 1. The largest absolute Gasteiger partial charge is 0.481 e. The van der Waals surface area contributed by atoms with Crippen molar-refractivity contribution < 1.29 is 23.1 Å². The molecule has 0 aromatic rings. The minimum Gasteiger partial charge on any atom is -0.481 e. The van der Waals surface area contributed by atoms with Gasteiger partial charge in [0, 0.05) is 13.0 Å². The number of carboxylic acids is 1. The van der Waals surface area contributed by atoms with Gasteiger partial charge in [-0.1, -0.05) is 6.92 Å². The normalized spacial score (nSPS) is 23.5. The molecule has 0 aromatic carbocycles. The highest BCUT2D eigenvalue weighted by Crippen LogP contribution is 2.18. The van der Waals surface area contributed by atoms with E-state index in [1.807, 2.05) is 6.92 Å². The summed E-state index contributed by atoms with van der Waals surface area (Å²) >= 11 is 0. The van der Waals surface area contributed by atoms with Crippen LogP contribution < -0.4 is 5.32 Å². The summed E-state index contributed by atoms with van der Waals surface area (Å²) in [5.41, 5.74) is 0. The van der Waals surface area contributed by atoms with Crippen molar-refractivity contribution in [2.75, 3.05) is 18.1 Å². The van der Waals surface area contributed by atoms with E-state index in [-0.39, 0.29) is 29.8 Å². The average Bonchev–Trinajstić information content (AvgIpc) is 2.63. The molecule has 1 saturated heterocycles. The van der Waals surface area contributed by atoms with Gasteiger partial charge in [0.25, 0.3) is 0 Å². The molecule has 0 spiro atoms. The van der Waals surface area contributed by atoms with E-state index in [0.717, 1.165) is 0 Å². The molecule has 7 heteroatoms. The molecule has 0 bridgehead atoms. The van der Waals surface area contributed by atoms with Crippen LogP contribution in [0.3, 0.4) is 0 Å². The van der Waals surface area contributed by atoms with Crippen molar-refractivity contribution in [1.29, 1.82) is 0 Å². The van der Waals surface area contributed by atoms with Crippen molar-refractivity contribution in [3.8, 4) is 0 Å². The van der Waals surface area contributed by atoms with Crippen LogP contribution in [0.4, 0.5) is 0 Å². The lowest BCUT2D eigenvalue weighted by atomic mass is 10.0. The Morgan fingerprint density at radius 1 is 1.44 bits per heavy atom. The van der Waals surface area contributed by atoms with Crippen LogP contribution in [0.25, 0.3) is 0 Å². The highest BCUT2D eigenvalue weighted by molar-refractivity contribution is 7.91. The third-order valence-corrected chi connectivity index (χ3v) is 4.85. The van der Waals surface area contributed by atoms with E-state index in [1.54, 1.807) is 0 Å². The Labute approximate surface area is 107 Å². The first-order valence-electron chi connectivity index (χ1n) is 6.00. The second-order valence-electron chi connectivity index (χ2n) is 4.88. The predicted molar refractivity (Wildman–Crippen MR) is 65.8 cm³/mol. The molecular weight excluding hydrogens is 258 g/mol. The fourth-order valence-electron chi connectivity index (χ4n) is 1.89. The number of amides is 1. The quantitative estimate of drug-likeness (QED) is 0.714. The van der Waals surface area contributed by atoms with Gasteiger partial charge in [-0.2, -0.15) is 0 Å². The maximum absolute atomic E-state index is 11.7. The van der Waals surface area contributed by atoms with Gasteiger partial charge < -0.3 is 10.4 Å². The standard InChI is InChI=1S/C11H19NO5S/c1-8(2-3-10(13)14)6-12-11(15)9-4-5-18(16,17)7-9/h8-9H,2-7H2,1H3,(H,12,15)(H,13,14). The van der Waals surface area contributed by atoms with Gasteiger partial charge >= 0.3 is 5.97 Å². The molecule has 2 N–H and O–H groups in total. The molecule has 1 heterocycles. The van der Waals surface area contributed by atoms with Crippen LogP contribution in [0.15, 0.2) is 0 Å². The SMILES string of the molecule is CC(CCC(=O)O)CNC(=O)C1CCS(=O)(=O)C1. The number of carbonyl (C=O) groups excluding carboxylic acids is 1. The smallest absolute Gasteiger partial charge is 0.303 e. The maximum Gasteiger partial charge on any atom is 0.303 e. The van der Waals surface area contributed by atoms with E-state index in [4.69, 9.17) is 5.11 Å². The van der Waals surface area contributed by atoms with Gasteiger partial charge in [0.1, 0.15) is 0 Å². The number of carboxylic acid groups (broad SMARTS) is 1. The maximum atomic E-state index is 11.7. The van der Waals surface area contributed by atoms with E-state index in [1.165, 1.54) is 0 Å². The molecular formula is C11H19NO5S. The van der Waals surface area contributed by atoms with E-state index in [2.05, 4.69) is 5.32 Å². The zero-order chi connectivity index (χ0) is 13.8. The summed E-state index contributed by atoms with van der Waals surface area (Å²) in [4.78, 5) is 22.1. The van der Waals surface area contributed by atoms with E-state index in [9.17, 15) is 18.0 Å². The minimum absolute atomic E-state index is 0.0671. The number of hydrogen-bond acceptors (Lipinski definition) is 4. The number of aliphatic carboxylic acids is 1. The molecule has 0 saturated carbocycles. The summed E-state index contributed by atoms with van der Waals surface area (Å²) in [6.45, 7) is 2.25. The number of hydrogen-bond donors (Lipinski definition) is 2. The topological polar surface area (TPSA) is 101 Å². The van der Waals surface area contributed by atoms with Gasteiger partial charge in [-0.3, -0.25) is 9.59 Å². The third-order valence-electron chi connectivity index (χ3n) is 3.08. The Bertz CT molecular complexity index is 417. The summed E-state index contributed by atoms with van der Waals surface area (Å²) in [6, 6.07) is 0. The van der Waals surface area contributed by atoms with E-state index >= 15 is 0 Å². The van der Waals surface area contributed by atoms with Gasteiger partial charge in [0.2, 0.25) is 5.91 Å². The van der Waals surface area contributed by atoms with Crippen molar-refractivity contribution in [2.45, 2.75) is 26.2 Å². The van der Waals surface area contributed by atoms with Crippen LogP contribution in [-0.2, 0) is 19.4 Å². The van der Waals surface area contributed by atoms with Crippen LogP contribution >= 0.6 is 0 Å². The van der Waals surface area contributed by atoms with Crippen molar-refractivity contribution in [3.05, 3.63) is 0 Å². The van der Waals surface area contributed by atoms with Gasteiger partial charge in [-0.05, 0) is 18.8 Å².